The van der Waals surface area contributed by atoms with Crippen molar-refractivity contribution < 1.29 is 22.7 Å². The molecule has 2 rings (SSSR count). The Morgan fingerprint density at radius 3 is 2.80 bits per heavy atom. The van der Waals surface area contributed by atoms with E-state index in [1.807, 2.05) is 0 Å². The van der Waals surface area contributed by atoms with Gasteiger partial charge < -0.3 is 10.1 Å². The fourth-order valence-electron chi connectivity index (χ4n) is 1.96. The zero-order valence-electron chi connectivity index (χ0n) is 10.9. The van der Waals surface area contributed by atoms with E-state index < -0.39 is 28.3 Å². The van der Waals surface area contributed by atoms with Crippen LogP contribution in [-0.4, -0.2) is 44.4 Å². The molecule has 1 aliphatic heterocycles. The van der Waals surface area contributed by atoms with Crippen LogP contribution in [0.2, 0.25) is 0 Å². The van der Waals surface area contributed by atoms with Gasteiger partial charge in [-0.3, -0.25) is 4.79 Å². The van der Waals surface area contributed by atoms with Gasteiger partial charge in [0.15, 0.2) is 16.4 Å². The van der Waals surface area contributed by atoms with Crippen LogP contribution in [0, 0.1) is 6.92 Å². The van der Waals surface area contributed by atoms with Crippen LogP contribution in [0.25, 0.3) is 0 Å². The molecule has 2 heterocycles. The van der Waals surface area contributed by atoms with Gasteiger partial charge in [-0.15, -0.1) is 11.3 Å². The third-order valence-corrected chi connectivity index (χ3v) is 5.74. The van der Waals surface area contributed by atoms with E-state index in [0.717, 1.165) is 5.56 Å². The summed E-state index contributed by atoms with van der Waals surface area (Å²) in [5, 5.41) is 4.33. The predicted octanol–water partition coefficient (Wildman–Crippen LogP) is 0.517. The molecule has 110 valence electrons. The van der Waals surface area contributed by atoms with E-state index in [-0.39, 0.29) is 17.5 Å². The number of hydrogen-bond acceptors (Lipinski definition) is 6. The lowest BCUT2D eigenvalue weighted by molar-refractivity contribution is -0.124. The van der Waals surface area contributed by atoms with Crippen molar-refractivity contribution in [3.63, 3.8) is 0 Å². The van der Waals surface area contributed by atoms with E-state index in [4.69, 9.17) is 4.74 Å². The van der Waals surface area contributed by atoms with Crippen LogP contribution in [0.1, 0.15) is 21.7 Å². The molecule has 1 aromatic rings. The quantitative estimate of drug-likeness (QED) is 0.818. The number of esters is 1. The van der Waals surface area contributed by atoms with Gasteiger partial charge in [0, 0.05) is 6.04 Å². The summed E-state index contributed by atoms with van der Waals surface area (Å²) in [6.45, 7) is 1.39. The third kappa shape index (κ3) is 3.80. The van der Waals surface area contributed by atoms with Crippen LogP contribution in [-0.2, 0) is 19.4 Å². The largest absolute Gasteiger partial charge is 0.451 e. The zero-order chi connectivity index (χ0) is 14.8. The number of sulfone groups is 1. The monoisotopic (exact) mass is 317 g/mol. The zero-order valence-corrected chi connectivity index (χ0v) is 12.6. The van der Waals surface area contributed by atoms with Crippen molar-refractivity contribution in [2.24, 2.45) is 0 Å². The molecule has 6 nitrogen and oxygen atoms in total. The second-order valence-electron chi connectivity index (χ2n) is 4.68. The van der Waals surface area contributed by atoms with Gasteiger partial charge in [-0.25, -0.2) is 13.2 Å². The molecule has 0 radical (unpaired) electrons. The maximum Gasteiger partial charge on any atom is 0.349 e. The Balaban J connectivity index is 1.79. The van der Waals surface area contributed by atoms with Crippen LogP contribution in [0.15, 0.2) is 11.4 Å². The van der Waals surface area contributed by atoms with E-state index in [2.05, 4.69) is 5.32 Å². The Morgan fingerprint density at radius 2 is 2.25 bits per heavy atom. The standard InChI is InChI=1S/C12H15NO5S2/c1-8-2-4-19-11(8)12(15)18-6-10(14)13-9-3-5-20(16,17)7-9/h2,4,9H,3,5-7H2,1H3,(H,13,14)/t9-/m0/s1. The molecule has 0 aliphatic carbocycles. The molecule has 8 heteroatoms. The first-order valence-electron chi connectivity index (χ1n) is 6.08. The second kappa shape index (κ2) is 5.92. The Bertz CT molecular complexity index is 620. The maximum atomic E-state index is 11.7. The number of amides is 1. The highest BCUT2D eigenvalue weighted by Gasteiger charge is 2.29. The molecule has 0 aromatic carbocycles. The number of aryl methyl sites for hydroxylation is 1. The highest BCUT2D eigenvalue weighted by Crippen LogP contribution is 2.16. The first kappa shape index (κ1) is 15.0. The smallest absolute Gasteiger partial charge is 0.349 e. The number of nitrogens with one attached hydrogen (secondary N) is 1. The van der Waals surface area contributed by atoms with E-state index in [1.165, 1.54) is 11.3 Å². The van der Waals surface area contributed by atoms with Crippen molar-refractivity contribution >= 4 is 33.1 Å². The van der Waals surface area contributed by atoms with E-state index in [9.17, 15) is 18.0 Å². The number of rotatable bonds is 4. The van der Waals surface area contributed by atoms with Crippen molar-refractivity contribution in [1.29, 1.82) is 0 Å². The molecule has 0 spiro atoms. The molecule has 1 N–H and O–H groups in total. The van der Waals surface area contributed by atoms with Gasteiger partial charge >= 0.3 is 5.97 Å². The van der Waals surface area contributed by atoms with Gasteiger partial charge in [0.05, 0.1) is 11.5 Å². The van der Waals surface area contributed by atoms with E-state index >= 15 is 0 Å². The van der Waals surface area contributed by atoms with Gasteiger partial charge in [-0.2, -0.15) is 0 Å². The van der Waals surface area contributed by atoms with Gasteiger partial charge in [-0.05, 0) is 30.4 Å². The molecule has 20 heavy (non-hydrogen) atoms. The maximum absolute atomic E-state index is 11.7. The molecule has 1 atom stereocenters. The van der Waals surface area contributed by atoms with Crippen molar-refractivity contribution in [1.82, 2.24) is 5.32 Å². The average molecular weight is 317 g/mol. The lowest BCUT2D eigenvalue weighted by atomic mass is 10.2. The first-order chi connectivity index (χ1) is 9.37. The SMILES string of the molecule is Cc1ccsc1C(=O)OCC(=O)N[C@H]1CCS(=O)(=O)C1. The topological polar surface area (TPSA) is 89.5 Å². The molecule has 1 aliphatic rings. The normalized spacial score (nSPS) is 20.6. The molecule has 1 aromatic heterocycles. The Labute approximate surface area is 121 Å². The van der Waals surface area contributed by atoms with Crippen molar-refractivity contribution in [3.05, 3.63) is 21.9 Å². The summed E-state index contributed by atoms with van der Waals surface area (Å²) < 4.78 is 27.4. The van der Waals surface area contributed by atoms with Gasteiger partial charge in [0.25, 0.3) is 5.91 Å². The summed E-state index contributed by atoms with van der Waals surface area (Å²) in [5.74, 6) is -0.968. The minimum Gasteiger partial charge on any atom is -0.451 e. The first-order valence-corrected chi connectivity index (χ1v) is 8.78. The Morgan fingerprint density at radius 1 is 1.50 bits per heavy atom. The molecule has 0 bridgehead atoms. The van der Waals surface area contributed by atoms with Gasteiger partial charge in [-0.1, -0.05) is 0 Å². The molecule has 0 saturated carbocycles. The summed E-state index contributed by atoms with van der Waals surface area (Å²) in [6, 6.07) is 1.42. The number of ether oxygens (including phenoxy) is 1. The van der Waals surface area contributed by atoms with Crippen molar-refractivity contribution in [2.45, 2.75) is 19.4 Å². The Hall–Kier alpha value is -1.41. The molecular weight excluding hydrogens is 302 g/mol. The van der Waals surface area contributed by atoms with Crippen LogP contribution >= 0.6 is 11.3 Å². The van der Waals surface area contributed by atoms with Crippen molar-refractivity contribution in [3.8, 4) is 0 Å². The summed E-state index contributed by atoms with van der Waals surface area (Å²) in [6.07, 6.45) is 0.409. The molecule has 1 amide bonds. The fourth-order valence-corrected chi connectivity index (χ4v) is 4.45. The summed E-state index contributed by atoms with van der Waals surface area (Å²) in [7, 11) is -3.03. The number of carbonyl (C=O) groups excluding carboxylic acids is 2. The molecule has 1 fully saturated rings. The van der Waals surface area contributed by atoms with Gasteiger partial charge in [0.2, 0.25) is 0 Å². The summed E-state index contributed by atoms with van der Waals surface area (Å²) >= 11 is 1.26. The number of hydrogen-bond donors (Lipinski definition) is 1. The highest BCUT2D eigenvalue weighted by molar-refractivity contribution is 7.91. The third-order valence-electron chi connectivity index (χ3n) is 2.98. The minimum atomic E-state index is -3.03. The van der Waals surface area contributed by atoms with Gasteiger partial charge in [0.1, 0.15) is 4.88 Å². The summed E-state index contributed by atoms with van der Waals surface area (Å²) in [4.78, 5) is 23.7. The molecule has 1 saturated heterocycles. The Kier molecular flexibility index (Phi) is 4.44. The van der Waals surface area contributed by atoms with Crippen LogP contribution in [0.4, 0.5) is 0 Å². The minimum absolute atomic E-state index is 0.0449. The molecule has 0 unspecified atom stereocenters. The van der Waals surface area contributed by atoms with Crippen LogP contribution < -0.4 is 5.32 Å². The van der Waals surface area contributed by atoms with Crippen LogP contribution in [0.3, 0.4) is 0 Å². The number of thiophene rings is 1. The average Bonchev–Trinajstić information content (AvgIpc) is 2.92. The van der Waals surface area contributed by atoms with Crippen LogP contribution in [0.5, 0.6) is 0 Å². The van der Waals surface area contributed by atoms with E-state index in [0.29, 0.717) is 11.3 Å². The van der Waals surface area contributed by atoms with E-state index in [1.54, 1.807) is 18.4 Å². The lowest BCUT2D eigenvalue weighted by Crippen LogP contribution is -2.38. The molecular formula is C12H15NO5S2. The highest BCUT2D eigenvalue weighted by atomic mass is 32.2. The fraction of sp³-hybridized carbons (Fsp3) is 0.500. The predicted molar refractivity (Wildman–Crippen MR) is 74.5 cm³/mol. The number of carbonyl (C=O) groups is 2. The lowest BCUT2D eigenvalue weighted by Gasteiger charge is -2.10. The second-order valence-corrected chi connectivity index (χ2v) is 7.82. The summed E-state index contributed by atoms with van der Waals surface area (Å²) in [5.41, 5.74) is 0.808. The van der Waals surface area contributed by atoms with Crippen molar-refractivity contribution in [2.75, 3.05) is 18.1 Å².